The number of rotatable bonds is 8. The van der Waals surface area contributed by atoms with Crippen molar-refractivity contribution in [3.8, 4) is 0 Å². The largest absolute Gasteiger partial charge is 0.394 e. The van der Waals surface area contributed by atoms with E-state index in [1.165, 1.54) is 0 Å². The minimum atomic E-state index is -0.334. The van der Waals surface area contributed by atoms with Gasteiger partial charge in [-0.25, -0.2) is 0 Å². The highest BCUT2D eigenvalue weighted by Gasteiger charge is 2.18. The van der Waals surface area contributed by atoms with Gasteiger partial charge in [0.1, 0.15) is 0 Å². The predicted octanol–water partition coefficient (Wildman–Crippen LogP) is 1.86. The van der Waals surface area contributed by atoms with E-state index in [9.17, 15) is 9.90 Å². The number of carbonyl (C=O) groups excluding carboxylic acids is 1. The Morgan fingerprint density at radius 2 is 1.85 bits per heavy atom. The van der Waals surface area contributed by atoms with Gasteiger partial charge in [0.05, 0.1) is 18.7 Å². The molecular weight excluding hydrogens is 252 g/mol. The number of benzene rings is 1. The Morgan fingerprint density at radius 1 is 1.20 bits per heavy atom. The summed E-state index contributed by atoms with van der Waals surface area (Å²) >= 11 is 0. The first-order valence-electron chi connectivity index (χ1n) is 7.24. The molecule has 20 heavy (non-hydrogen) atoms. The van der Waals surface area contributed by atoms with Gasteiger partial charge < -0.3 is 10.4 Å². The van der Waals surface area contributed by atoms with Gasteiger partial charge in [-0.1, -0.05) is 44.2 Å². The van der Waals surface area contributed by atoms with Crippen molar-refractivity contribution < 1.29 is 9.90 Å². The Hall–Kier alpha value is -1.39. The summed E-state index contributed by atoms with van der Waals surface area (Å²) in [6.07, 6.45) is 0.973. The fourth-order valence-electron chi connectivity index (χ4n) is 1.95. The van der Waals surface area contributed by atoms with Crippen molar-refractivity contribution in [3.63, 3.8) is 0 Å². The molecule has 1 amide bonds. The molecule has 2 atom stereocenters. The molecule has 0 heterocycles. The lowest BCUT2D eigenvalue weighted by atomic mass is 10.1. The quantitative estimate of drug-likeness (QED) is 0.680. The van der Waals surface area contributed by atoms with Gasteiger partial charge >= 0.3 is 0 Å². The molecule has 1 rings (SSSR count). The summed E-state index contributed by atoms with van der Waals surface area (Å²) in [6.45, 7) is 6.73. The number of carbonyl (C=O) groups is 1. The molecule has 0 radical (unpaired) electrons. The standard InChI is InChI=1S/C16H26N2O2/c1-12(2)9-10-17-16(20)13(3)18-15(11-19)14-7-5-4-6-8-14/h4-8,12-13,15,18-19H,9-11H2,1-3H3,(H,17,20). The molecule has 0 aliphatic carbocycles. The molecule has 2 unspecified atom stereocenters. The van der Waals surface area contributed by atoms with Crippen molar-refractivity contribution >= 4 is 5.91 Å². The van der Waals surface area contributed by atoms with Crippen LogP contribution in [0.25, 0.3) is 0 Å². The molecule has 1 aromatic carbocycles. The summed E-state index contributed by atoms with van der Waals surface area (Å²) in [7, 11) is 0. The van der Waals surface area contributed by atoms with Crippen LogP contribution in [-0.2, 0) is 4.79 Å². The van der Waals surface area contributed by atoms with Gasteiger partial charge in [0, 0.05) is 6.54 Å². The van der Waals surface area contributed by atoms with Gasteiger partial charge in [-0.2, -0.15) is 0 Å². The SMILES string of the molecule is CC(C)CCNC(=O)C(C)NC(CO)c1ccccc1. The van der Waals surface area contributed by atoms with Crippen molar-refractivity contribution in [3.05, 3.63) is 35.9 Å². The lowest BCUT2D eigenvalue weighted by Crippen LogP contribution is -2.44. The number of nitrogens with one attached hydrogen (secondary N) is 2. The van der Waals surface area contributed by atoms with E-state index in [0.29, 0.717) is 12.5 Å². The minimum absolute atomic E-state index is 0.0277. The average Bonchev–Trinajstić information content (AvgIpc) is 2.44. The maximum Gasteiger partial charge on any atom is 0.236 e. The van der Waals surface area contributed by atoms with E-state index in [1.54, 1.807) is 0 Å². The van der Waals surface area contributed by atoms with E-state index < -0.39 is 0 Å². The Bertz CT molecular complexity index is 393. The van der Waals surface area contributed by atoms with Crippen LogP contribution in [-0.4, -0.2) is 30.2 Å². The highest BCUT2D eigenvalue weighted by Crippen LogP contribution is 2.12. The van der Waals surface area contributed by atoms with E-state index in [-0.39, 0.29) is 24.6 Å². The second kappa shape index (κ2) is 8.72. The summed E-state index contributed by atoms with van der Waals surface area (Å²) in [5, 5.41) is 15.5. The molecule has 112 valence electrons. The van der Waals surface area contributed by atoms with Crippen LogP contribution in [0, 0.1) is 5.92 Å². The van der Waals surface area contributed by atoms with Crippen molar-refractivity contribution in [2.75, 3.05) is 13.2 Å². The number of aliphatic hydroxyl groups is 1. The summed E-state index contributed by atoms with van der Waals surface area (Å²) < 4.78 is 0. The Kier molecular flexibility index (Phi) is 7.26. The molecule has 0 spiro atoms. The first kappa shape index (κ1) is 16.7. The Labute approximate surface area is 121 Å². The zero-order valence-electron chi connectivity index (χ0n) is 12.6. The van der Waals surface area contributed by atoms with Crippen LogP contribution >= 0.6 is 0 Å². The number of hydrogen-bond donors (Lipinski definition) is 3. The van der Waals surface area contributed by atoms with Crippen LogP contribution in [0.15, 0.2) is 30.3 Å². The first-order valence-corrected chi connectivity index (χ1v) is 7.24. The summed E-state index contributed by atoms with van der Waals surface area (Å²) in [5.41, 5.74) is 0.983. The number of amides is 1. The van der Waals surface area contributed by atoms with E-state index in [2.05, 4.69) is 24.5 Å². The number of aliphatic hydroxyl groups excluding tert-OH is 1. The molecule has 0 fully saturated rings. The average molecular weight is 278 g/mol. The van der Waals surface area contributed by atoms with Crippen molar-refractivity contribution in [2.24, 2.45) is 5.92 Å². The third kappa shape index (κ3) is 5.72. The lowest BCUT2D eigenvalue weighted by Gasteiger charge is -2.21. The second-order valence-electron chi connectivity index (χ2n) is 5.51. The van der Waals surface area contributed by atoms with Crippen LogP contribution < -0.4 is 10.6 Å². The molecule has 4 nitrogen and oxygen atoms in total. The molecule has 3 N–H and O–H groups in total. The fourth-order valence-corrected chi connectivity index (χ4v) is 1.95. The topological polar surface area (TPSA) is 61.4 Å². The summed E-state index contributed by atoms with van der Waals surface area (Å²) in [6, 6.07) is 9.11. The fraction of sp³-hybridized carbons (Fsp3) is 0.562. The maximum absolute atomic E-state index is 12.0. The molecule has 0 bridgehead atoms. The molecule has 0 aromatic heterocycles. The van der Waals surface area contributed by atoms with Crippen LogP contribution in [0.1, 0.15) is 38.8 Å². The third-order valence-electron chi connectivity index (χ3n) is 3.25. The smallest absolute Gasteiger partial charge is 0.236 e. The lowest BCUT2D eigenvalue weighted by molar-refractivity contribution is -0.123. The second-order valence-corrected chi connectivity index (χ2v) is 5.51. The molecule has 0 aliphatic rings. The normalized spacial score (nSPS) is 14.1. The van der Waals surface area contributed by atoms with Crippen LogP contribution in [0.3, 0.4) is 0 Å². The van der Waals surface area contributed by atoms with Crippen molar-refractivity contribution in [1.29, 1.82) is 0 Å². The monoisotopic (exact) mass is 278 g/mol. The Balaban J connectivity index is 2.46. The van der Waals surface area contributed by atoms with E-state index in [4.69, 9.17) is 0 Å². The zero-order chi connectivity index (χ0) is 15.0. The van der Waals surface area contributed by atoms with Gasteiger partial charge in [-0.05, 0) is 24.8 Å². The highest BCUT2D eigenvalue weighted by molar-refractivity contribution is 5.81. The zero-order valence-corrected chi connectivity index (χ0v) is 12.6. The third-order valence-corrected chi connectivity index (χ3v) is 3.25. The van der Waals surface area contributed by atoms with Crippen molar-refractivity contribution in [2.45, 2.75) is 39.3 Å². The van der Waals surface area contributed by atoms with E-state index in [1.807, 2.05) is 37.3 Å². The van der Waals surface area contributed by atoms with Gasteiger partial charge in [-0.15, -0.1) is 0 Å². The van der Waals surface area contributed by atoms with Crippen LogP contribution in [0.4, 0.5) is 0 Å². The van der Waals surface area contributed by atoms with Gasteiger partial charge in [0.15, 0.2) is 0 Å². The molecule has 0 saturated heterocycles. The summed E-state index contributed by atoms with van der Waals surface area (Å²) in [4.78, 5) is 12.0. The molecule has 0 saturated carbocycles. The molecular formula is C16H26N2O2. The highest BCUT2D eigenvalue weighted by atomic mass is 16.3. The maximum atomic E-state index is 12.0. The Morgan fingerprint density at radius 3 is 2.40 bits per heavy atom. The minimum Gasteiger partial charge on any atom is -0.394 e. The van der Waals surface area contributed by atoms with Crippen molar-refractivity contribution in [1.82, 2.24) is 10.6 Å². The predicted molar refractivity (Wildman–Crippen MR) is 81.3 cm³/mol. The van der Waals surface area contributed by atoms with E-state index >= 15 is 0 Å². The summed E-state index contributed by atoms with van der Waals surface area (Å²) in [5.74, 6) is 0.549. The van der Waals surface area contributed by atoms with Gasteiger partial charge in [0.2, 0.25) is 5.91 Å². The van der Waals surface area contributed by atoms with Gasteiger partial charge in [-0.3, -0.25) is 10.1 Å². The van der Waals surface area contributed by atoms with E-state index in [0.717, 1.165) is 12.0 Å². The molecule has 1 aromatic rings. The van der Waals surface area contributed by atoms with Gasteiger partial charge in [0.25, 0.3) is 0 Å². The molecule has 4 heteroatoms. The van der Waals surface area contributed by atoms with Crippen LogP contribution in [0.5, 0.6) is 0 Å². The molecule has 0 aliphatic heterocycles. The van der Waals surface area contributed by atoms with Crippen LogP contribution in [0.2, 0.25) is 0 Å². The first-order chi connectivity index (χ1) is 9.54. The number of hydrogen-bond acceptors (Lipinski definition) is 3.